The summed E-state index contributed by atoms with van der Waals surface area (Å²) in [5.74, 6) is 1.14. The van der Waals surface area contributed by atoms with Crippen LogP contribution in [0.5, 0.6) is 0 Å². The van der Waals surface area contributed by atoms with Crippen LogP contribution in [0.2, 0.25) is 0 Å². The van der Waals surface area contributed by atoms with Crippen molar-refractivity contribution in [1.29, 1.82) is 0 Å². The number of ether oxygens (including phenoxy) is 1. The molecule has 2 aliphatic heterocycles. The van der Waals surface area contributed by atoms with E-state index in [0.717, 1.165) is 37.4 Å². The summed E-state index contributed by atoms with van der Waals surface area (Å²) < 4.78 is 18.9. The van der Waals surface area contributed by atoms with E-state index >= 15 is 0 Å². The van der Waals surface area contributed by atoms with Crippen molar-refractivity contribution in [2.24, 2.45) is 10.9 Å². The number of benzene rings is 1. The predicted molar refractivity (Wildman–Crippen MR) is 72.9 cm³/mol. The fourth-order valence-electron chi connectivity index (χ4n) is 2.76. The van der Waals surface area contributed by atoms with E-state index in [-0.39, 0.29) is 11.9 Å². The number of piperidine rings is 1. The van der Waals surface area contributed by atoms with Gasteiger partial charge in [-0.05, 0) is 43.5 Å². The molecule has 0 bridgehead atoms. The van der Waals surface area contributed by atoms with Crippen LogP contribution in [0.4, 0.5) is 4.39 Å². The van der Waals surface area contributed by atoms with E-state index in [1.165, 1.54) is 12.5 Å². The van der Waals surface area contributed by atoms with Gasteiger partial charge in [-0.2, -0.15) is 0 Å². The molecule has 1 fully saturated rings. The summed E-state index contributed by atoms with van der Waals surface area (Å²) in [5.41, 5.74) is 0.986. The van der Waals surface area contributed by atoms with E-state index < -0.39 is 0 Å². The van der Waals surface area contributed by atoms with Gasteiger partial charge >= 0.3 is 0 Å². The summed E-state index contributed by atoms with van der Waals surface area (Å²) in [7, 11) is 0. The van der Waals surface area contributed by atoms with Crippen LogP contribution in [0, 0.1) is 11.7 Å². The molecular formula is C15H19FN2O. The number of rotatable bonds is 3. The summed E-state index contributed by atoms with van der Waals surface area (Å²) >= 11 is 0. The van der Waals surface area contributed by atoms with Gasteiger partial charge in [-0.1, -0.05) is 12.1 Å². The van der Waals surface area contributed by atoms with Crippen molar-refractivity contribution in [3.05, 3.63) is 35.6 Å². The van der Waals surface area contributed by atoms with Gasteiger partial charge in [-0.25, -0.2) is 9.38 Å². The second-order valence-corrected chi connectivity index (χ2v) is 5.31. The summed E-state index contributed by atoms with van der Waals surface area (Å²) in [6.45, 7) is 2.68. The molecule has 3 nitrogen and oxygen atoms in total. The highest BCUT2D eigenvalue weighted by atomic mass is 19.1. The molecule has 2 heterocycles. The SMILES string of the molecule is Fc1cccc(CC2COC(C3CCCNC3)=N2)c1. The molecule has 1 aromatic carbocycles. The normalized spacial score (nSPS) is 26.9. The molecule has 3 rings (SSSR count). The van der Waals surface area contributed by atoms with Gasteiger partial charge < -0.3 is 10.1 Å². The lowest BCUT2D eigenvalue weighted by atomic mass is 9.99. The third-order valence-electron chi connectivity index (χ3n) is 3.74. The maximum atomic E-state index is 13.1. The Morgan fingerprint density at radius 1 is 1.42 bits per heavy atom. The van der Waals surface area contributed by atoms with Gasteiger partial charge in [0, 0.05) is 12.5 Å². The molecule has 0 saturated carbocycles. The minimum absolute atomic E-state index is 0.138. The molecule has 1 saturated heterocycles. The van der Waals surface area contributed by atoms with Crippen molar-refractivity contribution in [2.45, 2.75) is 25.3 Å². The molecule has 102 valence electrons. The molecule has 1 aromatic rings. The highest BCUT2D eigenvalue weighted by Gasteiger charge is 2.27. The first-order valence-corrected chi connectivity index (χ1v) is 6.97. The Balaban J connectivity index is 1.62. The second-order valence-electron chi connectivity index (χ2n) is 5.31. The molecular weight excluding hydrogens is 243 g/mol. The van der Waals surface area contributed by atoms with E-state index in [1.807, 2.05) is 6.07 Å². The van der Waals surface area contributed by atoms with Crippen molar-refractivity contribution in [1.82, 2.24) is 5.32 Å². The van der Waals surface area contributed by atoms with Gasteiger partial charge in [0.05, 0.1) is 6.04 Å². The van der Waals surface area contributed by atoms with Crippen molar-refractivity contribution >= 4 is 5.90 Å². The van der Waals surface area contributed by atoms with E-state index in [0.29, 0.717) is 12.5 Å². The first kappa shape index (κ1) is 12.6. The van der Waals surface area contributed by atoms with Crippen LogP contribution in [-0.2, 0) is 11.2 Å². The number of hydrogen-bond acceptors (Lipinski definition) is 3. The molecule has 2 atom stereocenters. The third-order valence-corrected chi connectivity index (χ3v) is 3.74. The smallest absolute Gasteiger partial charge is 0.188 e. The molecule has 0 amide bonds. The highest BCUT2D eigenvalue weighted by molar-refractivity contribution is 5.80. The molecule has 0 spiro atoms. The number of nitrogens with zero attached hydrogens (tertiary/aromatic N) is 1. The third kappa shape index (κ3) is 3.13. The molecule has 4 heteroatoms. The Bertz CT molecular complexity index is 469. The molecule has 0 aliphatic carbocycles. The Morgan fingerprint density at radius 2 is 2.37 bits per heavy atom. The van der Waals surface area contributed by atoms with E-state index in [4.69, 9.17) is 4.74 Å². The van der Waals surface area contributed by atoms with Crippen LogP contribution in [0.3, 0.4) is 0 Å². The molecule has 0 radical (unpaired) electrons. The van der Waals surface area contributed by atoms with E-state index in [9.17, 15) is 4.39 Å². The highest BCUT2D eigenvalue weighted by Crippen LogP contribution is 2.20. The maximum absolute atomic E-state index is 13.1. The second kappa shape index (κ2) is 5.70. The van der Waals surface area contributed by atoms with Crippen LogP contribution in [-0.4, -0.2) is 31.6 Å². The van der Waals surface area contributed by atoms with Crippen LogP contribution in [0.25, 0.3) is 0 Å². The van der Waals surface area contributed by atoms with E-state index in [2.05, 4.69) is 10.3 Å². The number of aliphatic imine (C=N–C) groups is 1. The zero-order valence-corrected chi connectivity index (χ0v) is 10.9. The quantitative estimate of drug-likeness (QED) is 0.905. The fourth-order valence-corrected chi connectivity index (χ4v) is 2.76. The topological polar surface area (TPSA) is 33.6 Å². The standard InChI is InChI=1S/C15H19FN2O/c16-13-5-1-3-11(7-13)8-14-10-19-15(18-14)12-4-2-6-17-9-12/h1,3,5,7,12,14,17H,2,4,6,8-10H2. The molecule has 19 heavy (non-hydrogen) atoms. The lowest BCUT2D eigenvalue weighted by molar-refractivity contribution is 0.285. The Kier molecular flexibility index (Phi) is 3.78. The maximum Gasteiger partial charge on any atom is 0.188 e. The lowest BCUT2D eigenvalue weighted by Gasteiger charge is -2.21. The Morgan fingerprint density at radius 3 is 3.16 bits per heavy atom. The largest absolute Gasteiger partial charge is 0.478 e. The monoisotopic (exact) mass is 262 g/mol. The lowest BCUT2D eigenvalue weighted by Crippen LogP contribution is -2.34. The summed E-state index contributed by atoms with van der Waals surface area (Å²) in [4.78, 5) is 4.67. The van der Waals surface area contributed by atoms with Gasteiger partial charge in [0.25, 0.3) is 0 Å². The first-order chi connectivity index (χ1) is 9.31. The minimum atomic E-state index is -0.183. The van der Waals surface area contributed by atoms with Crippen molar-refractivity contribution in [2.75, 3.05) is 19.7 Å². The van der Waals surface area contributed by atoms with Crippen LogP contribution < -0.4 is 5.32 Å². The molecule has 2 unspecified atom stereocenters. The van der Waals surface area contributed by atoms with E-state index in [1.54, 1.807) is 12.1 Å². The van der Waals surface area contributed by atoms with Gasteiger partial charge in [0.15, 0.2) is 5.90 Å². The summed E-state index contributed by atoms with van der Waals surface area (Å²) in [5, 5.41) is 3.37. The number of halogens is 1. The zero-order valence-electron chi connectivity index (χ0n) is 10.9. The van der Waals surface area contributed by atoms with Crippen LogP contribution >= 0.6 is 0 Å². The average molecular weight is 262 g/mol. The number of nitrogens with one attached hydrogen (secondary N) is 1. The number of hydrogen-bond donors (Lipinski definition) is 1. The van der Waals surface area contributed by atoms with Crippen LogP contribution in [0.15, 0.2) is 29.3 Å². The van der Waals surface area contributed by atoms with Gasteiger partial charge in [-0.15, -0.1) is 0 Å². The molecule has 1 N–H and O–H groups in total. The fraction of sp³-hybridized carbons (Fsp3) is 0.533. The molecule has 0 aromatic heterocycles. The van der Waals surface area contributed by atoms with Crippen molar-refractivity contribution in [3.63, 3.8) is 0 Å². The van der Waals surface area contributed by atoms with Crippen molar-refractivity contribution < 1.29 is 9.13 Å². The first-order valence-electron chi connectivity index (χ1n) is 6.97. The summed E-state index contributed by atoms with van der Waals surface area (Å²) in [6, 6.07) is 6.88. The van der Waals surface area contributed by atoms with Gasteiger partial charge in [0.1, 0.15) is 12.4 Å². The predicted octanol–water partition coefficient (Wildman–Crippen LogP) is 2.17. The Labute approximate surface area is 112 Å². The van der Waals surface area contributed by atoms with Gasteiger partial charge in [0.2, 0.25) is 0 Å². The molecule has 2 aliphatic rings. The van der Waals surface area contributed by atoms with Crippen molar-refractivity contribution in [3.8, 4) is 0 Å². The minimum Gasteiger partial charge on any atom is -0.478 e. The summed E-state index contributed by atoms with van der Waals surface area (Å²) in [6.07, 6.45) is 3.08. The zero-order chi connectivity index (χ0) is 13.1. The van der Waals surface area contributed by atoms with Crippen LogP contribution in [0.1, 0.15) is 18.4 Å². The Hall–Kier alpha value is -1.42. The average Bonchev–Trinajstić information content (AvgIpc) is 2.88. The van der Waals surface area contributed by atoms with Gasteiger partial charge in [-0.3, -0.25) is 0 Å².